The molecule has 92 valence electrons. The zero-order valence-corrected chi connectivity index (χ0v) is 10.6. The lowest BCUT2D eigenvalue weighted by Gasteiger charge is -1.96. The van der Waals surface area contributed by atoms with Gasteiger partial charge in [-0.25, -0.2) is 0 Å². The molecule has 3 heteroatoms. The average molecular weight is 240 g/mol. The van der Waals surface area contributed by atoms with Gasteiger partial charge in [0.1, 0.15) is 0 Å². The van der Waals surface area contributed by atoms with Crippen molar-refractivity contribution in [2.24, 2.45) is 7.05 Å². The molecule has 0 radical (unpaired) electrons. The van der Waals surface area contributed by atoms with Crippen molar-refractivity contribution >= 4 is 11.9 Å². The minimum Gasteiger partial charge on any atom is -0.289 e. The van der Waals surface area contributed by atoms with Gasteiger partial charge in [-0.15, -0.1) is 0 Å². The first-order valence-electron chi connectivity index (χ1n) is 5.99. The summed E-state index contributed by atoms with van der Waals surface area (Å²) in [7, 11) is 1.80. The van der Waals surface area contributed by atoms with Crippen LogP contribution in [0.15, 0.2) is 42.7 Å². The van der Waals surface area contributed by atoms with Crippen molar-refractivity contribution in [2.75, 3.05) is 0 Å². The molecule has 1 aromatic carbocycles. The van der Waals surface area contributed by atoms with Gasteiger partial charge in [0.2, 0.25) is 0 Å². The Morgan fingerprint density at radius 2 is 2.06 bits per heavy atom. The molecule has 2 aromatic rings. The number of aromatic nitrogens is 2. The minimum atomic E-state index is -0.0253. The van der Waals surface area contributed by atoms with Crippen LogP contribution in [-0.2, 0) is 13.5 Å². The molecule has 0 atom stereocenters. The summed E-state index contributed by atoms with van der Waals surface area (Å²) in [5, 5.41) is 3.98. The van der Waals surface area contributed by atoms with Crippen molar-refractivity contribution in [1.29, 1.82) is 0 Å². The first kappa shape index (κ1) is 12.3. The van der Waals surface area contributed by atoms with E-state index in [0.717, 1.165) is 12.0 Å². The lowest BCUT2D eigenvalue weighted by Crippen LogP contribution is -1.91. The number of hydrogen-bond donors (Lipinski definition) is 0. The zero-order valence-electron chi connectivity index (χ0n) is 10.6. The maximum atomic E-state index is 11.8. The Morgan fingerprint density at radius 1 is 1.33 bits per heavy atom. The van der Waals surface area contributed by atoms with Crippen LogP contribution < -0.4 is 0 Å². The van der Waals surface area contributed by atoms with Crippen LogP contribution in [0.5, 0.6) is 0 Å². The molecule has 1 aromatic heterocycles. The van der Waals surface area contributed by atoms with Crippen molar-refractivity contribution in [3.8, 4) is 0 Å². The fourth-order valence-corrected chi connectivity index (χ4v) is 1.68. The predicted octanol–water partition coefficient (Wildman–Crippen LogP) is 2.88. The monoisotopic (exact) mass is 240 g/mol. The predicted molar refractivity (Wildman–Crippen MR) is 72.4 cm³/mol. The van der Waals surface area contributed by atoms with E-state index in [1.807, 2.05) is 18.2 Å². The van der Waals surface area contributed by atoms with Crippen LogP contribution in [-0.4, -0.2) is 15.6 Å². The van der Waals surface area contributed by atoms with Crippen molar-refractivity contribution in [3.63, 3.8) is 0 Å². The fourth-order valence-electron chi connectivity index (χ4n) is 1.68. The first-order chi connectivity index (χ1) is 8.69. The molecular weight excluding hydrogens is 224 g/mol. The largest absolute Gasteiger partial charge is 0.289 e. The molecular formula is C15H16N2O. The summed E-state index contributed by atoms with van der Waals surface area (Å²) < 4.78 is 1.62. The van der Waals surface area contributed by atoms with Gasteiger partial charge in [0.15, 0.2) is 5.78 Å². The SMILES string of the molecule is CCc1ccc(C=CC(=O)c2cnn(C)c2)cc1. The molecule has 0 saturated heterocycles. The van der Waals surface area contributed by atoms with Crippen LogP contribution in [0.25, 0.3) is 6.08 Å². The van der Waals surface area contributed by atoms with Gasteiger partial charge in [0.05, 0.1) is 11.8 Å². The Kier molecular flexibility index (Phi) is 3.72. The van der Waals surface area contributed by atoms with Gasteiger partial charge in [-0.1, -0.05) is 37.3 Å². The van der Waals surface area contributed by atoms with Gasteiger partial charge in [0, 0.05) is 13.2 Å². The molecule has 0 spiro atoms. The summed E-state index contributed by atoms with van der Waals surface area (Å²) >= 11 is 0. The van der Waals surface area contributed by atoms with Crippen molar-refractivity contribution in [1.82, 2.24) is 9.78 Å². The quantitative estimate of drug-likeness (QED) is 0.608. The molecule has 18 heavy (non-hydrogen) atoms. The lowest BCUT2D eigenvalue weighted by atomic mass is 10.1. The van der Waals surface area contributed by atoms with Gasteiger partial charge in [-0.05, 0) is 23.6 Å². The smallest absolute Gasteiger partial charge is 0.189 e. The Balaban J connectivity index is 2.08. The molecule has 0 aliphatic carbocycles. The summed E-state index contributed by atoms with van der Waals surface area (Å²) in [6.45, 7) is 2.12. The van der Waals surface area contributed by atoms with Crippen LogP contribution in [0, 0.1) is 0 Å². The van der Waals surface area contributed by atoms with Gasteiger partial charge in [-0.2, -0.15) is 5.10 Å². The summed E-state index contributed by atoms with van der Waals surface area (Å²) in [4.78, 5) is 11.8. The molecule has 3 nitrogen and oxygen atoms in total. The Hall–Kier alpha value is -2.16. The number of nitrogens with zero attached hydrogens (tertiary/aromatic N) is 2. The third-order valence-electron chi connectivity index (χ3n) is 2.80. The van der Waals surface area contributed by atoms with Crippen LogP contribution >= 0.6 is 0 Å². The van der Waals surface area contributed by atoms with E-state index in [2.05, 4.69) is 24.2 Å². The molecule has 0 amide bonds. The number of hydrogen-bond acceptors (Lipinski definition) is 2. The van der Waals surface area contributed by atoms with E-state index in [-0.39, 0.29) is 5.78 Å². The Labute approximate surface area is 107 Å². The Morgan fingerprint density at radius 3 is 2.61 bits per heavy atom. The minimum absolute atomic E-state index is 0.0253. The van der Waals surface area contributed by atoms with E-state index >= 15 is 0 Å². The molecule has 0 aliphatic rings. The summed E-state index contributed by atoms with van der Waals surface area (Å²) in [6, 6.07) is 8.19. The number of carbonyl (C=O) groups is 1. The number of ketones is 1. The van der Waals surface area contributed by atoms with Crippen LogP contribution in [0.4, 0.5) is 0 Å². The maximum Gasteiger partial charge on any atom is 0.189 e. The number of allylic oxidation sites excluding steroid dienone is 1. The van der Waals surface area contributed by atoms with Gasteiger partial charge < -0.3 is 0 Å². The molecule has 1 heterocycles. The molecule has 0 saturated carbocycles. The van der Waals surface area contributed by atoms with Crippen LogP contribution in [0.1, 0.15) is 28.4 Å². The molecule has 0 N–H and O–H groups in total. The summed E-state index contributed by atoms with van der Waals surface area (Å²) in [5.74, 6) is -0.0253. The molecule has 2 rings (SSSR count). The van der Waals surface area contributed by atoms with E-state index in [1.54, 1.807) is 30.2 Å². The molecule has 0 bridgehead atoms. The molecule has 0 fully saturated rings. The highest BCUT2D eigenvalue weighted by atomic mass is 16.1. The van der Waals surface area contributed by atoms with Crippen molar-refractivity contribution in [2.45, 2.75) is 13.3 Å². The van der Waals surface area contributed by atoms with Crippen LogP contribution in [0.3, 0.4) is 0 Å². The van der Waals surface area contributed by atoms with Gasteiger partial charge >= 0.3 is 0 Å². The van der Waals surface area contributed by atoms with E-state index in [1.165, 1.54) is 5.56 Å². The second-order valence-corrected chi connectivity index (χ2v) is 4.20. The van der Waals surface area contributed by atoms with Crippen molar-refractivity contribution in [3.05, 3.63) is 59.4 Å². The number of aryl methyl sites for hydroxylation is 2. The highest BCUT2D eigenvalue weighted by molar-refractivity contribution is 6.06. The van der Waals surface area contributed by atoms with E-state index < -0.39 is 0 Å². The first-order valence-corrected chi connectivity index (χ1v) is 5.99. The summed E-state index contributed by atoms with van der Waals surface area (Å²) in [5.41, 5.74) is 2.94. The summed E-state index contributed by atoms with van der Waals surface area (Å²) in [6.07, 6.45) is 7.73. The topological polar surface area (TPSA) is 34.9 Å². The van der Waals surface area contributed by atoms with Crippen LogP contribution in [0.2, 0.25) is 0 Å². The lowest BCUT2D eigenvalue weighted by molar-refractivity contribution is 0.104. The zero-order chi connectivity index (χ0) is 13.0. The second kappa shape index (κ2) is 5.45. The van der Waals surface area contributed by atoms with E-state index in [4.69, 9.17) is 0 Å². The van der Waals surface area contributed by atoms with E-state index in [9.17, 15) is 4.79 Å². The molecule has 0 unspecified atom stereocenters. The Bertz CT molecular complexity index is 564. The fraction of sp³-hybridized carbons (Fsp3) is 0.200. The number of rotatable bonds is 4. The highest BCUT2D eigenvalue weighted by Gasteiger charge is 2.03. The number of benzene rings is 1. The van der Waals surface area contributed by atoms with Gasteiger partial charge in [0.25, 0.3) is 0 Å². The van der Waals surface area contributed by atoms with E-state index in [0.29, 0.717) is 5.56 Å². The highest BCUT2D eigenvalue weighted by Crippen LogP contribution is 2.08. The standard InChI is InChI=1S/C15H16N2O/c1-3-12-4-6-13(7-5-12)8-9-15(18)14-10-16-17(2)11-14/h4-11H,3H2,1-2H3. The second-order valence-electron chi connectivity index (χ2n) is 4.20. The maximum absolute atomic E-state index is 11.8. The average Bonchev–Trinajstić information content (AvgIpc) is 2.83. The third-order valence-corrected chi connectivity index (χ3v) is 2.80. The van der Waals surface area contributed by atoms with Gasteiger partial charge in [-0.3, -0.25) is 9.48 Å². The molecule has 0 aliphatic heterocycles. The number of carbonyl (C=O) groups excluding carboxylic acids is 1. The van der Waals surface area contributed by atoms with Crippen molar-refractivity contribution < 1.29 is 4.79 Å². The normalized spacial score (nSPS) is 11.0. The third kappa shape index (κ3) is 2.94.